The van der Waals surface area contributed by atoms with Gasteiger partial charge >= 0.3 is 0 Å². The summed E-state index contributed by atoms with van der Waals surface area (Å²) in [7, 11) is 0. The number of carbonyl (C=O) groups is 2. The van der Waals surface area contributed by atoms with Crippen LogP contribution in [-0.2, 0) is 16.0 Å². The summed E-state index contributed by atoms with van der Waals surface area (Å²) in [5.41, 5.74) is 4.84. The minimum Gasteiger partial charge on any atom is -0.298 e. The number of ketones is 2. The van der Waals surface area contributed by atoms with Crippen LogP contribution in [0, 0.1) is 5.92 Å². The first-order valence-electron chi connectivity index (χ1n) is 8.74. The van der Waals surface area contributed by atoms with E-state index in [0.717, 1.165) is 40.7 Å². The summed E-state index contributed by atoms with van der Waals surface area (Å²) in [6.07, 6.45) is 4.11. The molecule has 2 aliphatic carbocycles. The number of allylic oxidation sites excluding steroid dienone is 2. The van der Waals surface area contributed by atoms with Crippen LogP contribution >= 0.6 is 11.6 Å². The number of carbonyl (C=O) groups excluding carboxylic acids is 2. The van der Waals surface area contributed by atoms with Crippen molar-refractivity contribution in [3.63, 3.8) is 0 Å². The SMILES string of the molecule is CCc1ccc(-c2ccc(Cl)cc2)cc1C1C(=O)C2=CC[C@@H](C2)C1=O. The molecule has 3 heteroatoms. The van der Waals surface area contributed by atoms with Crippen molar-refractivity contribution < 1.29 is 9.59 Å². The molecule has 0 N–H and O–H groups in total. The van der Waals surface area contributed by atoms with Gasteiger partial charge in [-0.15, -0.1) is 0 Å². The smallest absolute Gasteiger partial charge is 0.173 e. The molecule has 25 heavy (non-hydrogen) atoms. The maximum absolute atomic E-state index is 12.9. The summed E-state index contributed by atoms with van der Waals surface area (Å²) in [6, 6.07) is 13.8. The number of aryl methyl sites for hydroxylation is 1. The highest BCUT2D eigenvalue weighted by molar-refractivity contribution is 6.30. The average Bonchev–Trinajstić information content (AvgIpc) is 3.08. The van der Waals surface area contributed by atoms with Gasteiger partial charge in [0.05, 0.1) is 0 Å². The van der Waals surface area contributed by atoms with E-state index in [-0.39, 0.29) is 17.5 Å². The third-order valence-corrected chi connectivity index (χ3v) is 5.65. The van der Waals surface area contributed by atoms with Gasteiger partial charge in [0, 0.05) is 10.9 Å². The van der Waals surface area contributed by atoms with Gasteiger partial charge in [0.15, 0.2) is 11.6 Å². The van der Waals surface area contributed by atoms with Crippen molar-refractivity contribution in [1.82, 2.24) is 0 Å². The normalized spacial score (nSPS) is 22.2. The Morgan fingerprint density at radius 1 is 1.04 bits per heavy atom. The van der Waals surface area contributed by atoms with E-state index in [2.05, 4.69) is 13.0 Å². The van der Waals surface area contributed by atoms with Crippen LogP contribution in [0.5, 0.6) is 0 Å². The standard InChI is InChI=1S/C22H19ClO2/c1-2-13-3-4-15(14-7-9-18(23)10-8-14)12-19(13)20-21(24)16-5-6-17(11-16)22(20)25/h3-5,7-10,12,17,20H,2,6,11H2,1H3/t17-,20?/m0/s1. The molecule has 1 unspecified atom stereocenters. The molecule has 0 spiro atoms. The average molecular weight is 351 g/mol. The van der Waals surface area contributed by atoms with Crippen LogP contribution in [0.25, 0.3) is 11.1 Å². The Morgan fingerprint density at radius 2 is 1.76 bits per heavy atom. The lowest BCUT2D eigenvalue weighted by Gasteiger charge is -2.26. The number of benzene rings is 2. The molecule has 0 saturated heterocycles. The molecule has 2 nitrogen and oxygen atoms in total. The molecule has 126 valence electrons. The Hall–Kier alpha value is -2.19. The van der Waals surface area contributed by atoms with Crippen LogP contribution in [0.3, 0.4) is 0 Å². The van der Waals surface area contributed by atoms with E-state index in [1.807, 2.05) is 42.5 Å². The molecule has 2 bridgehead atoms. The highest BCUT2D eigenvalue weighted by Crippen LogP contribution is 2.42. The molecule has 1 saturated carbocycles. The van der Waals surface area contributed by atoms with Gasteiger partial charge in [0.25, 0.3) is 0 Å². The van der Waals surface area contributed by atoms with Gasteiger partial charge in [0.2, 0.25) is 0 Å². The number of rotatable bonds is 3. The zero-order valence-electron chi connectivity index (χ0n) is 14.1. The van der Waals surface area contributed by atoms with Crippen LogP contribution in [0.4, 0.5) is 0 Å². The van der Waals surface area contributed by atoms with Crippen LogP contribution in [-0.4, -0.2) is 11.6 Å². The first-order chi connectivity index (χ1) is 12.1. The second kappa shape index (κ2) is 6.27. The summed E-state index contributed by atoms with van der Waals surface area (Å²) in [4.78, 5) is 25.7. The Morgan fingerprint density at radius 3 is 2.48 bits per heavy atom. The second-order valence-corrected chi connectivity index (χ2v) is 7.28. The molecule has 2 aromatic rings. The van der Waals surface area contributed by atoms with Gasteiger partial charge in [-0.05, 0) is 65.3 Å². The van der Waals surface area contributed by atoms with E-state index in [1.54, 1.807) is 0 Å². The van der Waals surface area contributed by atoms with E-state index >= 15 is 0 Å². The van der Waals surface area contributed by atoms with Crippen LogP contribution in [0.2, 0.25) is 5.02 Å². The van der Waals surface area contributed by atoms with Crippen LogP contribution < -0.4 is 0 Å². The van der Waals surface area contributed by atoms with E-state index in [9.17, 15) is 9.59 Å². The van der Waals surface area contributed by atoms with Gasteiger partial charge in [-0.1, -0.05) is 48.9 Å². The summed E-state index contributed by atoms with van der Waals surface area (Å²) in [5.74, 6) is -0.552. The summed E-state index contributed by atoms with van der Waals surface area (Å²) in [6.45, 7) is 2.06. The molecule has 2 aliphatic rings. The minimum absolute atomic E-state index is 0.00158. The highest BCUT2D eigenvalue weighted by atomic mass is 35.5. The molecule has 2 aromatic carbocycles. The second-order valence-electron chi connectivity index (χ2n) is 6.84. The van der Waals surface area contributed by atoms with Crippen molar-refractivity contribution in [1.29, 1.82) is 0 Å². The largest absolute Gasteiger partial charge is 0.298 e. The first kappa shape index (κ1) is 16.3. The molecule has 0 heterocycles. The van der Waals surface area contributed by atoms with Crippen molar-refractivity contribution in [2.24, 2.45) is 5.92 Å². The van der Waals surface area contributed by atoms with Crippen molar-refractivity contribution in [2.75, 3.05) is 0 Å². The van der Waals surface area contributed by atoms with Crippen molar-refractivity contribution in [2.45, 2.75) is 32.1 Å². The Labute approximate surface area is 152 Å². The van der Waals surface area contributed by atoms with Crippen molar-refractivity contribution >= 4 is 23.2 Å². The first-order valence-corrected chi connectivity index (χ1v) is 9.12. The topological polar surface area (TPSA) is 34.1 Å². The van der Waals surface area contributed by atoms with Crippen LogP contribution in [0.15, 0.2) is 54.1 Å². The summed E-state index contributed by atoms with van der Waals surface area (Å²) < 4.78 is 0. The van der Waals surface area contributed by atoms with Gasteiger partial charge in [-0.25, -0.2) is 0 Å². The summed E-state index contributed by atoms with van der Waals surface area (Å²) >= 11 is 5.98. The van der Waals surface area contributed by atoms with Crippen molar-refractivity contribution in [3.8, 4) is 11.1 Å². The molecular weight excluding hydrogens is 332 g/mol. The lowest BCUT2D eigenvalue weighted by molar-refractivity contribution is -0.131. The van der Waals surface area contributed by atoms with Crippen molar-refractivity contribution in [3.05, 3.63) is 70.3 Å². The molecule has 1 fully saturated rings. The van der Waals surface area contributed by atoms with E-state index in [0.29, 0.717) is 11.4 Å². The van der Waals surface area contributed by atoms with Gasteiger partial charge in [0.1, 0.15) is 5.92 Å². The number of halogens is 1. The Balaban J connectivity index is 1.81. The van der Waals surface area contributed by atoms with E-state index < -0.39 is 5.92 Å². The maximum Gasteiger partial charge on any atom is 0.173 e. The zero-order valence-corrected chi connectivity index (χ0v) is 14.8. The fourth-order valence-corrected chi connectivity index (χ4v) is 4.11. The fourth-order valence-electron chi connectivity index (χ4n) is 3.99. The van der Waals surface area contributed by atoms with Gasteiger partial charge < -0.3 is 0 Å². The fraction of sp³-hybridized carbons (Fsp3) is 0.273. The molecule has 2 atom stereocenters. The lowest BCUT2D eigenvalue weighted by atomic mass is 9.74. The lowest BCUT2D eigenvalue weighted by Crippen LogP contribution is -2.33. The molecule has 0 amide bonds. The maximum atomic E-state index is 12.9. The predicted molar refractivity (Wildman–Crippen MR) is 99.8 cm³/mol. The predicted octanol–water partition coefficient (Wildman–Crippen LogP) is 5.14. The molecular formula is C22H19ClO2. The van der Waals surface area contributed by atoms with E-state index in [4.69, 9.17) is 11.6 Å². The molecule has 0 aliphatic heterocycles. The Kier molecular flexibility index (Phi) is 4.09. The number of hydrogen-bond donors (Lipinski definition) is 0. The quantitative estimate of drug-likeness (QED) is 0.718. The van der Waals surface area contributed by atoms with Gasteiger partial charge in [-0.3, -0.25) is 9.59 Å². The van der Waals surface area contributed by atoms with E-state index in [1.165, 1.54) is 0 Å². The number of Topliss-reactive ketones (excluding diaryl/α,β-unsaturated/α-hetero) is 2. The third-order valence-electron chi connectivity index (χ3n) is 5.40. The third kappa shape index (κ3) is 2.75. The summed E-state index contributed by atoms with van der Waals surface area (Å²) in [5, 5.41) is 0.690. The van der Waals surface area contributed by atoms with Crippen LogP contribution in [0.1, 0.15) is 36.8 Å². The Bertz CT molecular complexity index is 893. The zero-order chi connectivity index (χ0) is 17.6. The van der Waals surface area contributed by atoms with Gasteiger partial charge in [-0.2, -0.15) is 0 Å². The monoisotopic (exact) mass is 350 g/mol. The number of fused-ring (bicyclic) bond motifs is 2. The molecule has 0 aromatic heterocycles. The number of hydrogen-bond acceptors (Lipinski definition) is 2. The molecule has 0 radical (unpaired) electrons. The minimum atomic E-state index is -0.630. The molecule has 4 rings (SSSR count). The highest BCUT2D eigenvalue weighted by Gasteiger charge is 2.43.